The first-order chi connectivity index (χ1) is 5.91. The summed E-state index contributed by atoms with van der Waals surface area (Å²) in [5, 5.41) is 19.6. The summed E-state index contributed by atoms with van der Waals surface area (Å²) < 4.78 is 0. The summed E-state index contributed by atoms with van der Waals surface area (Å²) in [6, 6.07) is 0. The summed E-state index contributed by atoms with van der Waals surface area (Å²) in [6.07, 6.45) is -0.250. The van der Waals surface area contributed by atoms with Crippen molar-refractivity contribution in [2.45, 2.75) is 53.2 Å². The largest absolute Gasteiger partial charge is 0.390 e. The van der Waals surface area contributed by atoms with Gasteiger partial charge < -0.3 is 10.2 Å². The first-order valence-corrected chi connectivity index (χ1v) is 5.27. The molecule has 2 heteroatoms. The Balaban J connectivity index is 4.27. The molecule has 0 aliphatic heterocycles. The fourth-order valence-electron chi connectivity index (χ4n) is 1.75. The molecule has 0 fully saturated rings. The average Bonchev–Trinajstić information content (AvgIpc) is 2.03. The highest BCUT2D eigenvalue weighted by atomic mass is 16.3. The van der Waals surface area contributed by atoms with Gasteiger partial charge in [-0.25, -0.2) is 0 Å². The maximum absolute atomic E-state index is 9.87. The van der Waals surface area contributed by atoms with Gasteiger partial charge in [0.25, 0.3) is 0 Å². The predicted octanol–water partition coefficient (Wildman–Crippen LogP) is 2.05. The first kappa shape index (κ1) is 12.9. The van der Waals surface area contributed by atoms with Gasteiger partial charge in [0.1, 0.15) is 0 Å². The molecule has 80 valence electrons. The van der Waals surface area contributed by atoms with Crippen LogP contribution >= 0.6 is 0 Å². The van der Waals surface area contributed by atoms with Crippen molar-refractivity contribution < 1.29 is 10.2 Å². The van der Waals surface area contributed by atoms with E-state index < -0.39 is 12.2 Å². The van der Waals surface area contributed by atoms with Crippen LogP contribution in [-0.4, -0.2) is 22.4 Å². The molecule has 0 aromatic heterocycles. The van der Waals surface area contributed by atoms with Gasteiger partial charge in [0.2, 0.25) is 0 Å². The van der Waals surface area contributed by atoms with Gasteiger partial charge in [0.05, 0.1) is 12.2 Å². The Morgan fingerprint density at radius 3 is 1.54 bits per heavy atom. The normalized spacial score (nSPS) is 19.2. The first-order valence-electron chi connectivity index (χ1n) is 5.27. The molecule has 0 spiro atoms. The predicted molar refractivity (Wildman–Crippen MR) is 55.5 cm³/mol. The topological polar surface area (TPSA) is 40.5 Å². The molecule has 1 unspecified atom stereocenters. The standard InChI is InChI=1S/C11H24O2/c1-6-9(7(2)3)11(13)10(12)8(4)5/h7-13H,6H2,1-5H3/t9?,10-,11-/m0/s1. The maximum Gasteiger partial charge on any atom is 0.0832 e. The van der Waals surface area contributed by atoms with Gasteiger partial charge in [0.15, 0.2) is 0 Å². The van der Waals surface area contributed by atoms with Crippen LogP contribution in [0.4, 0.5) is 0 Å². The third-order valence-corrected chi connectivity index (χ3v) is 2.80. The quantitative estimate of drug-likeness (QED) is 0.693. The molecule has 2 N–H and O–H groups in total. The third-order valence-electron chi connectivity index (χ3n) is 2.80. The summed E-state index contributed by atoms with van der Waals surface area (Å²) in [4.78, 5) is 0. The molecule has 3 atom stereocenters. The Bertz CT molecular complexity index is 132. The summed E-state index contributed by atoms with van der Waals surface area (Å²) in [5.41, 5.74) is 0. The van der Waals surface area contributed by atoms with Gasteiger partial charge in [-0.1, -0.05) is 41.0 Å². The van der Waals surface area contributed by atoms with Crippen molar-refractivity contribution >= 4 is 0 Å². The smallest absolute Gasteiger partial charge is 0.0832 e. The number of aliphatic hydroxyl groups is 2. The van der Waals surface area contributed by atoms with E-state index in [0.717, 1.165) is 6.42 Å². The van der Waals surface area contributed by atoms with E-state index in [2.05, 4.69) is 20.8 Å². The fraction of sp³-hybridized carbons (Fsp3) is 1.00. The minimum atomic E-state index is -0.590. The van der Waals surface area contributed by atoms with Crippen molar-refractivity contribution in [1.29, 1.82) is 0 Å². The van der Waals surface area contributed by atoms with Gasteiger partial charge in [-0.05, 0) is 17.8 Å². The van der Waals surface area contributed by atoms with Crippen molar-refractivity contribution in [2.24, 2.45) is 17.8 Å². The number of hydrogen-bond acceptors (Lipinski definition) is 2. The second kappa shape index (κ2) is 5.61. The Labute approximate surface area is 82.0 Å². The molecule has 0 aromatic carbocycles. The molecule has 0 bridgehead atoms. The molecule has 13 heavy (non-hydrogen) atoms. The van der Waals surface area contributed by atoms with Crippen LogP contribution in [0.15, 0.2) is 0 Å². The van der Waals surface area contributed by atoms with E-state index in [1.807, 2.05) is 13.8 Å². The lowest BCUT2D eigenvalue weighted by atomic mass is 9.83. The third kappa shape index (κ3) is 3.65. The molecule has 0 saturated carbocycles. The molecule has 0 amide bonds. The van der Waals surface area contributed by atoms with Crippen LogP contribution < -0.4 is 0 Å². The molecule has 0 aliphatic rings. The molecule has 2 nitrogen and oxygen atoms in total. The van der Waals surface area contributed by atoms with E-state index in [0.29, 0.717) is 5.92 Å². The Hall–Kier alpha value is -0.0800. The van der Waals surface area contributed by atoms with E-state index in [4.69, 9.17) is 0 Å². The molecular formula is C11H24O2. The van der Waals surface area contributed by atoms with Crippen LogP contribution in [0.25, 0.3) is 0 Å². The van der Waals surface area contributed by atoms with Gasteiger partial charge in [-0.3, -0.25) is 0 Å². The molecule has 0 aromatic rings. The number of aliphatic hydroxyl groups excluding tert-OH is 2. The highest BCUT2D eigenvalue weighted by molar-refractivity contribution is 4.78. The van der Waals surface area contributed by atoms with Crippen molar-refractivity contribution in [2.75, 3.05) is 0 Å². The second-order valence-electron chi connectivity index (χ2n) is 4.54. The van der Waals surface area contributed by atoms with Crippen LogP contribution in [0.3, 0.4) is 0 Å². The molecule has 0 saturated heterocycles. The minimum Gasteiger partial charge on any atom is -0.390 e. The van der Waals surface area contributed by atoms with Gasteiger partial charge >= 0.3 is 0 Å². The van der Waals surface area contributed by atoms with Crippen molar-refractivity contribution in [3.8, 4) is 0 Å². The SMILES string of the molecule is CCC(C(C)C)[C@H](O)[C@@H](O)C(C)C. The Kier molecular flexibility index (Phi) is 5.57. The molecule has 0 radical (unpaired) electrons. The van der Waals surface area contributed by atoms with Crippen LogP contribution in [-0.2, 0) is 0 Å². The lowest BCUT2D eigenvalue weighted by molar-refractivity contribution is -0.0519. The summed E-state index contributed by atoms with van der Waals surface area (Å²) in [7, 11) is 0. The monoisotopic (exact) mass is 188 g/mol. The van der Waals surface area contributed by atoms with E-state index in [-0.39, 0.29) is 11.8 Å². The molecule has 0 rings (SSSR count). The van der Waals surface area contributed by atoms with E-state index in [1.54, 1.807) is 0 Å². The summed E-state index contributed by atoms with van der Waals surface area (Å²) in [6.45, 7) is 10.1. The van der Waals surface area contributed by atoms with Crippen LogP contribution in [0.5, 0.6) is 0 Å². The summed E-state index contributed by atoms with van der Waals surface area (Å²) >= 11 is 0. The van der Waals surface area contributed by atoms with Crippen molar-refractivity contribution in [3.05, 3.63) is 0 Å². The average molecular weight is 188 g/mol. The zero-order valence-corrected chi connectivity index (χ0v) is 9.49. The molecule has 0 aliphatic carbocycles. The Morgan fingerprint density at radius 2 is 1.31 bits per heavy atom. The maximum atomic E-state index is 9.87. The molecular weight excluding hydrogens is 164 g/mol. The lowest BCUT2D eigenvalue weighted by Crippen LogP contribution is -2.38. The van der Waals surface area contributed by atoms with Gasteiger partial charge in [-0.15, -0.1) is 0 Å². The van der Waals surface area contributed by atoms with Crippen molar-refractivity contribution in [3.63, 3.8) is 0 Å². The van der Waals surface area contributed by atoms with Crippen LogP contribution in [0, 0.1) is 17.8 Å². The lowest BCUT2D eigenvalue weighted by Gasteiger charge is -2.30. The van der Waals surface area contributed by atoms with Gasteiger partial charge in [-0.2, -0.15) is 0 Å². The highest BCUT2D eigenvalue weighted by Crippen LogP contribution is 2.23. The van der Waals surface area contributed by atoms with E-state index in [1.165, 1.54) is 0 Å². The zero-order valence-electron chi connectivity index (χ0n) is 9.49. The van der Waals surface area contributed by atoms with Crippen molar-refractivity contribution in [1.82, 2.24) is 0 Å². The van der Waals surface area contributed by atoms with E-state index >= 15 is 0 Å². The van der Waals surface area contributed by atoms with Crippen LogP contribution in [0.2, 0.25) is 0 Å². The molecule has 0 heterocycles. The van der Waals surface area contributed by atoms with Crippen LogP contribution in [0.1, 0.15) is 41.0 Å². The Morgan fingerprint density at radius 1 is 0.846 bits per heavy atom. The fourth-order valence-corrected chi connectivity index (χ4v) is 1.75. The van der Waals surface area contributed by atoms with E-state index in [9.17, 15) is 10.2 Å². The highest BCUT2D eigenvalue weighted by Gasteiger charge is 2.28. The second-order valence-corrected chi connectivity index (χ2v) is 4.54. The zero-order chi connectivity index (χ0) is 10.6. The minimum absolute atomic E-state index is 0.128. The number of hydrogen-bond donors (Lipinski definition) is 2. The summed E-state index contributed by atoms with van der Waals surface area (Å²) in [5.74, 6) is 0.758. The van der Waals surface area contributed by atoms with Gasteiger partial charge in [0, 0.05) is 0 Å². The number of rotatable bonds is 5.